The fourth-order valence-electron chi connectivity index (χ4n) is 1.26. The van der Waals surface area contributed by atoms with Gasteiger partial charge in [-0.1, -0.05) is 37.6 Å². The van der Waals surface area contributed by atoms with Crippen molar-refractivity contribution in [3.63, 3.8) is 0 Å². The summed E-state index contributed by atoms with van der Waals surface area (Å²) in [6.45, 7) is 9.71. The fraction of sp³-hybridized carbons (Fsp3) is 0.462. The first-order chi connectivity index (χ1) is 6.59. The van der Waals surface area contributed by atoms with E-state index in [-0.39, 0.29) is 5.78 Å². The summed E-state index contributed by atoms with van der Waals surface area (Å²) in [7, 11) is 0. The Morgan fingerprint density at radius 1 is 1.21 bits per heavy atom. The zero-order valence-corrected chi connectivity index (χ0v) is 9.85. The molecule has 1 aromatic carbocycles. The van der Waals surface area contributed by atoms with Gasteiger partial charge in [-0.2, -0.15) is 0 Å². The Hall–Kier alpha value is -1.11. The van der Waals surface area contributed by atoms with Gasteiger partial charge in [-0.3, -0.25) is 4.79 Å². The molecule has 14 heavy (non-hydrogen) atoms. The van der Waals surface area contributed by atoms with Crippen molar-refractivity contribution in [2.75, 3.05) is 0 Å². The summed E-state index contributed by atoms with van der Waals surface area (Å²) in [6, 6.07) is 6.21. The number of ketones is 1. The quantitative estimate of drug-likeness (QED) is 0.701. The van der Waals surface area contributed by atoms with Gasteiger partial charge in [-0.25, -0.2) is 0 Å². The molecule has 1 aromatic rings. The van der Waals surface area contributed by atoms with Crippen LogP contribution in [0.2, 0.25) is 0 Å². The number of hydrogen-bond donors (Lipinski definition) is 0. The molecule has 0 radical (unpaired) electrons. The van der Waals surface area contributed by atoms with E-state index in [9.17, 15) is 4.79 Å². The zero-order chi connectivity index (χ0) is 11.1. The maximum atomic E-state index is 10.9. The van der Waals surface area contributed by atoms with Crippen molar-refractivity contribution in [2.24, 2.45) is 0 Å². The fourth-order valence-corrected chi connectivity index (χ4v) is 1.26. The molecule has 0 N–H and O–H groups in total. The summed E-state index contributed by atoms with van der Waals surface area (Å²) in [6.07, 6.45) is 0.563. The average molecular weight is 192 g/mol. The van der Waals surface area contributed by atoms with E-state index in [2.05, 4.69) is 18.2 Å². The van der Waals surface area contributed by atoms with Gasteiger partial charge in [0.05, 0.1) is 0 Å². The van der Waals surface area contributed by atoms with Crippen LogP contribution in [0.3, 0.4) is 0 Å². The van der Waals surface area contributed by atoms with E-state index in [1.165, 1.54) is 11.1 Å². The van der Waals surface area contributed by atoms with Crippen LogP contribution in [-0.2, 0) is 11.2 Å². The molecule has 0 atom stereocenters. The number of Topliss-reactive ketones (excluding diaryl/α,β-unsaturated/α-hetero) is 1. The molecular weight excluding hydrogens is 172 g/mol. The molecule has 0 saturated carbocycles. The SMILES string of the molecule is CC.CC(=O)Cc1cc(C)ccc1C. The highest BCUT2D eigenvalue weighted by Crippen LogP contribution is 2.11. The monoisotopic (exact) mass is 192 g/mol. The summed E-state index contributed by atoms with van der Waals surface area (Å²) in [5, 5.41) is 0. The minimum atomic E-state index is 0.226. The maximum absolute atomic E-state index is 10.9. The van der Waals surface area contributed by atoms with Crippen molar-refractivity contribution in [2.45, 2.75) is 41.0 Å². The van der Waals surface area contributed by atoms with Gasteiger partial charge in [-0.15, -0.1) is 0 Å². The normalized spacial score (nSPS) is 8.93. The van der Waals surface area contributed by atoms with Gasteiger partial charge in [0.2, 0.25) is 0 Å². The van der Waals surface area contributed by atoms with E-state index in [0.717, 1.165) is 5.56 Å². The van der Waals surface area contributed by atoms with Crippen molar-refractivity contribution in [1.29, 1.82) is 0 Å². The molecule has 0 aliphatic carbocycles. The summed E-state index contributed by atoms with van der Waals surface area (Å²) < 4.78 is 0. The molecule has 1 heteroatoms. The van der Waals surface area contributed by atoms with Crippen molar-refractivity contribution < 1.29 is 4.79 Å². The van der Waals surface area contributed by atoms with Crippen molar-refractivity contribution in [3.05, 3.63) is 34.9 Å². The van der Waals surface area contributed by atoms with Crippen LogP contribution >= 0.6 is 0 Å². The lowest BCUT2D eigenvalue weighted by atomic mass is 10.0. The first-order valence-electron chi connectivity index (χ1n) is 5.15. The number of carbonyl (C=O) groups is 1. The molecule has 1 nitrogen and oxygen atoms in total. The van der Waals surface area contributed by atoms with Gasteiger partial charge < -0.3 is 0 Å². The Bertz CT molecular complexity index is 300. The van der Waals surface area contributed by atoms with Gasteiger partial charge in [0.15, 0.2) is 0 Å². The van der Waals surface area contributed by atoms with Crippen LogP contribution in [-0.4, -0.2) is 5.78 Å². The van der Waals surface area contributed by atoms with E-state index in [0.29, 0.717) is 6.42 Å². The van der Waals surface area contributed by atoms with Crippen molar-refractivity contribution in [1.82, 2.24) is 0 Å². The molecule has 0 amide bonds. The Morgan fingerprint density at radius 2 is 1.79 bits per heavy atom. The Balaban J connectivity index is 0.000000791. The van der Waals surface area contributed by atoms with Crippen LogP contribution in [0.25, 0.3) is 0 Å². The lowest BCUT2D eigenvalue weighted by Crippen LogP contribution is -1.98. The minimum absolute atomic E-state index is 0.226. The second-order valence-corrected chi connectivity index (χ2v) is 3.31. The third-order valence-electron chi connectivity index (χ3n) is 1.94. The molecule has 0 aliphatic heterocycles. The molecule has 0 unspecified atom stereocenters. The predicted molar refractivity (Wildman–Crippen MR) is 61.6 cm³/mol. The lowest BCUT2D eigenvalue weighted by molar-refractivity contribution is -0.116. The first-order valence-corrected chi connectivity index (χ1v) is 5.15. The van der Waals surface area contributed by atoms with Gasteiger partial charge in [0.25, 0.3) is 0 Å². The molecule has 1 rings (SSSR count). The lowest BCUT2D eigenvalue weighted by Gasteiger charge is -2.03. The van der Waals surface area contributed by atoms with Gasteiger partial charge >= 0.3 is 0 Å². The summed E-state index contributed by atoms with van der Waals surface area (Å²) >= 11 is 0. The number of rotatable bonds is 2. The highest BCUT2D eigenvalue weighted by molar-refractivity contribution is 5.78. The average Bonchev–Trinajstić information content (AvgIpc) is 2.14. The Morgan fingerprint density at radius 3 is 2.29 bits per heavy atom. The molecule has 0 heterocycles. The Kier molecular flexibility index (Phi) is 5.86. The number of hydrogen-bond acceptors (Lipinski definition) is 1. The molecule has 0 saturated heterocycles. The van der Waals surface area contributed by atoms with E-state index in [1.807, 2.05) is 27.7 Å². The van der Waals surface area contributed by atoms with Crippen molar-refractivity contribution >= 4 is 5.78 Å². The third-order valence-corrected chi connectivity index (χ3v) is 1.94. The Labute approximate surface area is 87.2 Å². The van der Waals surface area contributed by atoms with Gasteiger partial charge in [0, 0.05) is 6.42 Å². The molecule has 0 spiro atoms. The molecular formula is C13H20O. The van der Waals surface area contributed by atoms with Crippen molar-refractivity contribution in [3.8, 4) is 0 Å². The van der Waals surface area contributed by atoms with Crippen LogP contribution in [0.1, 0.15) is 37.5 Å². The second-order valence-electron chi connectivity index (χ2n) is 3.31. The molecule has 0 aromatic heterocycles. The first kappa shape index (κ1) is 12.9. The predicted octanol–water partition coefficient (Wildman–Crippen LogP) is 3.46. The largest absolute Gasteiger partial charge is 0.300 e. The van der Waals surface area contributed by atoms with Crippen LogP contribution in [0.15, 0.2) is 18.2 Å². The number of aryl methyl sites for hydroxylation is 2. The van der Waals surface area contributed by atoms with Gasteiger partial charge in [0.1, 0.15) is 5.78 Å². The standard InChI is InChI=1S/C11H14O.C2H6/c1-8-4-5-9(2)11(6-8)7-10(3)12;1-2/h4-6H,7H2,1-3H3;1-2H3. The summed E-state index contributed by atoms with van der Waals surface area (Å²) in [4.78, 5) is 10.9. The highest BCUT2D eigenvalue weighted by atomic mass is 16.1. The van der Waals surface area contributed by atoms with Crippen LogP contribution < -0.4 is 0 Å². The zero-order valence-electron chi connectivity index (χ0n) is 9.85. The molecule has 0 bridgehead atoms. The van der Waals surface area contributed by atoms with E-state index in [4.69, 9.17) is 0 Å². The second kappa shape index (κ2) is 6.36. The van der Waals surface area contributed by atoms with Crippen LogP contribution in [0.5, 0.6) is 0 Å². The maximum Gasteiger partial charge on any atom is 0.134 e. The minimum Gasteiger partial charge on any atom is -0.300 e. The summed E-state index contributed by atoms with van der Waals surface area (Å²) in [5.74, 6) is 0.226. The number of carbonyl (C=O) groups excluding carboxylic acids is 1. The van der Waals surface area contributed by atoms with E-state index in [1.54, 1.807) is 6.92 Å². The summed E-state index contributed by atoms with van der Waals surface area (Å²) in [5.41, 5.74) is 3.58. The van der Waals surface area contributed by atoms with Crippen LogP contribution in [0, 0.1) is 13.8 Å². The van der Waals surface area contributed by atoms with Gasteiger partial charge in [-0.05, 0) is 31.9 Å². The van der Waals surface area contributed by atoms with E-state index < -0.39 is 0 Å². The third kappa shape index (κ3) is 4.22. The number of benzene rings is 1. The molecule has 78 valence electrons. The molecule has 0 aliphatic rings. The van der Waals surface area contributed by atoms with Crippen LogP contribution in [0.4, 0.5) is 0 Å². The highest BCUT2D eigenvalue weighted by Gasteiger charge is 2.00. The topological polar surface area (TPSA) is 17.1 Å². The van der Waals surface area contributed by atoms with E-state index >= 15 is 0 Å². The smallest absolute Gasteiger partial charge is 0.134 e. The molecule has 0 fully saturated rings.